The molecule has 2 amide bonds. The van der Waals surface area contributed by atoms with E-state index >= 15 is 0 Å². The number of carbonyl (C=O) groups is 1. The lowest BCUT2D eigenvalue weighted by molar-refractivity contribution is 0.234. The maximum Gasteiger partial charge on any atom is 0.315 e. The lowest BCUT2D eigenvalue weighted by atomic mass is 9.97. The molecule has 1 fully saturated rings. The van der Waals surface area contributed by atoms with Crippen molar-refractivity contribution < 1.29 is 9.53 Å². The third-order valence-corrected chi connectivity index (χ3v) is 7.60. The molecule has 2 aromatic heterocycles. The number of aromatic amines is 1. The Morgan fingerprint density at radius 1 is 1.12 bits per heavy atom. The van der Waals surface area contributed by atoms with Gasteiger partial charge in [0.2, 0.25) is 0 Å². The first-order chi connectivity index (χ1) is 16.7. The highest BCUT2D eigenvalue weighted by Crippen LogP contribution is 2.32. The molecule has 1 aliphatic heterocycles. The molecular formula is C27H30N4O2S. The molecule has 1 atom stereocenters. The average Bonchev–Trinajstić information content (AvgIpc) is 3.56. The number of H-pyrrole nitrogens is 1. The van der Waals surface area contributed by atoms with Gasteiger partial charge >= 0.3 is 6.03 Å². The van der Waals surface area contributed by atoms with Gasteiger partial charge in [-0.15, -0.1) is 11.3 Å². The zero-order valence-electron chi connectivity index (χ0n) is 19.3. The van der Waals surface area contributed by atoms with Crippen molar-refractivity contribution in [2.45, 2.75) is 24.8 Å². The second-order valence-electron chi connectivity index (χ2n) is 8.67. The number of methoxy groups -OCH3 is 1. The molecule has 0 spiro atoms. The summed E-state index contributed by atoms with van der Waals surface area (Å²) in [4.78, 5) is 19.8. The summed E-state index contributed by atoms with van der Waals surface area (Å²) in [6.07, 6.45) is 3.93. The van der Waals surface area contributed by atoms with E-state index in [-0.39, 0.29) is 18.0 Å². The van der Waals surface area contributed by atoms with Gasteiger partial charge in [-0.2, -0.15) is 0 Å². The van der Waals surface area contributed by atoms with Crippen molar-refractivity contribution in [3.05, 3.63) is 82.7 Å². The number of thiophene rings is 1. The molecule has 0 saturated carbocycles. The number of anilines is 1. The molecule has 34 heavy (non-hydrogen) atoms. The second kappa shape index (κ2) is 10.2. The third kappa shape index (κ3) is 4.89. The summed E-state index contributed by atoms with van der Waals surface area (Å²) in [5.74, 6) is 0.976. The van der Waals surface area contributed by atoms with Crippen LogP contribution in [0.3, 0.4) is 0 Å². The number of piperidine rings is 1. The van der Waals surface area contributed by atoms with Gasteiger partial charge in [0.15, 0.2) is 0 Å². The van der Waals surface area contributed by atoms with Gasteiger partial charge < -0.3 is 25.3 Å². The van der Waals surface area contributed by atoms with Gasteiger partial charge in [-0.3, -0.25) is 0 Å². The number of hydrogen-bond donors (Lipinski definition) is 3. The van der Waals surface area contributed by atoms with Crippen LogP contribution >= 0.6 is 11.3 Å². The van der Waals surface area contributed by atoms with Crippen molar-refractivity contribution in [1.29, 1.82) is 0 Å². The fraction of sp³-hybridized carbons (Fsp3) is 0.296. The van der Waals surface area contributed by atoms with Crippen LogP contribution in [-0.4, -0.2) is 43.8 Å². The van der Waals surface area contributed by atoms with Crippen LogP contribution in [0, 0.1) is 0 Å². The number of fused-ring (bicyclic) bond motifs is 1. The number of nitrogens with zero attached hydrogens (tertiary/aromatic N) is 1. The number of benzene rings is 2. The van der Waals surface area contributed by atoms with Crippen molar-refractivity contribution in [1.82, 2.24) is 15.6 Å². The van der Waals surface area contributed by atoms with Crippen LogP contribution < -0.4 is 20.3 Å². The highest BCUT2D eigenvalue weighted by Gasteiger charge is 2.23. The number of para-hydroxylation sites is 1. The van der Waals surface area contributed by atoms with Crippen LogP contribution in [0.2, 0.25) is 0 Å². The van der Waals surface area contributed by atoms with E-state index in [0.717, 1.165) is 37.2 Å². The van der Waals surface area contributed by atoms with E-state index in [1.165, 1.54) is 21.5 Å². The highest BCUT2D eigenvalue weighted by atomic mass is 32.1. The molecule has 0 bridgehead atoms. The Morgan fingerprint density at radius 3 is 2.65 bits per heavy atom. The molecule has 6 nitrogen and oxygen atoms in total. The van der Waals surface area contributed by atoms with Crippen LogP contribution in [-0.2, 0) is 0 Å². The molecule has 7 heteroatoms. The van der Waals surface area contributed by atoms with Crippen molar-refractivity contribution in [2.75, 3.05) is 31.6 Å². The number of urea groups is 1. The predicted octanol–water partition coefficient (Wildman–Crippen LogP) is 5.34. The molecule has 1 saturated heterocycles. The molecular weight excluding hydrogens is 444 g/mol. The van der Waals surface area contributed by atoms with Gasteiger partial charge in [-0.25, -0.2) is 4.79 Å². The Morgan fingerprint density at radius 2 is 1.91 bits per heavy atom. The summed E-state index contributed by atoms with van der Waals surface area (Å²) in [5.41, 5.74) is 3.53. The number of carbonyl (C=O) groups excluding carboxylic acids is 1. The van der Waals surface area contributed by atoms with Gasteiger partial charge in [-0.1, -0.05) is 24.3 Å². The number of amides is 2. The Labute approximate surface area is 203 Å². The van der Waals surface area contributed by atoms with Gasteiger partial charge in [-0.05, 0) is 60.2 Å². The van der Waals surface area contributed by atoms with E-state index in [0.29, 0.717) is 6.54 Å². The molecule has 5 rings (SSSR count). The van der Waals surface area contributed by atoms with Gasteiger partial charge in [0.1, 0.15) is 5.75 Å². The molecule has 0 radical (unpaired) electrons. The molecule has 1 unspecified atom stereocenters. The minimum atomic E-state index is -0.0932. The summed E-state index contributed by atoms with van der Waals surface area (Å²) in [7, 11) is 1.68. The van der Waals surface area contributed by atoms with Crippen molar-refractivity contribution in [2.24, 2.45) is 0 Å². The summed E-state index contributed by atoms with van der Waals surface area (Å²) in [6.45, 7) is 2.40. The zero-order valence-corrected chi connectivity index (χ0v) is 20.1. The lowest BCUT2D eigenvalue weighted by Crippen LogP contribution is -2.48. The van der Waals surface area contributed by atoms with E-state index < -0.39 is 0 Å². The molecule has 3 N–H and O–H groups in total. The first-order valence-electron chi connectivity index (χ1n) is 11.7. The first kappa shape index (κ1) is 22.3. The van der Waals surface area contributed by atoms with E-state index in [1.54, 1.807) is 18.4 Å². The minimum absolute atomic E-state index is 0.0932. The molecule has 4 aromatic rings. The van der Waals surface area contributed by atoms with E-state index in [1.807, 2.05) is 18.2 Å². The highest BCUT2D eigenvalue weighted by molar-refractivity contribution is 7.10. The molecule has 2 aromatic carbocycles. The number of aromatic nitrogens is 1. The van der Waals surface area contributed by atoms with Crippen LogP contribution in [0.25, 0.3) is 10.9 Å². The van der Waals surface area contributed by atoms with E-state index in [9.17, 15) is 4.79 Å². The largest absolute Gasteiger partial charge is 0.497 e. The van der Waals surface area contributed by atoms with Crippen LogP contribution in [0.4, 0.5) is 10.5 Å². The van der Waals surface area contributed by atoms with Crippen LogP contribution in [0.15, 0.2) is 72.2 Å². The number of nitrogens with one attached hydrogen (secondary N) is 3. The van der Waals surface area contributed by atoms with Crippen LogP contribution in [0.5, 0.6) is 5.75 Å². The Bertz CT molecular complexity index is 1210. The maximum atomic E-state index is 12.8. The summed E-state index contributed by atoms with van der Waals surface area (Å²) in [6, 6.07) is 20.8. The smallest absolute Gasteiger partial charge is 0.315 e. The fourth-order valence-corrected chi connectivity index (χ4v) is 5.59. The van der Waals surface area contributed by atoms with Crippen molar-refractivity contribution >= 4 is 34.0 Å². The lowest BCUT2D eigenvalue weighted by Gasteiger charge is -2.34. The Hall–Kier alpha value is -3.45. The van der Waals surface area contributed by atoms with E-state index in [2.05, 4.69) is 74.6 Å². The SMILES string of the molecule is COc1ccc(N2CCC(NC(=O)NCC(c3cccs3)c3c[nH]c4ccccc34)CC2)cc1. The normalized spacial score (nSPS) is 15.3. The topological polar surface area (TPSA) is 69.4 Å². The first-order valence-corrected chi connectivity index (χ1v) is 12.6. The maximum absolute atomic E-state index is 12.8. The molecule has 0 aliphatic carbocycles. The van der Waals surface area contributed by atoms with Crippen LogP contribution in [0.1, 0.15) is 29.2 Å². The number of rotatable bonds is 7. The molecule has 1 aliphatic rings. The zero-order chi connectivity index (χ0) is 23.3. The van der Waals surface area contributed by atoms with Gasteiger partial charge in [0.05, 0.1) is 7.11 Å². The Kier molecular flexibility index (Phi) is 6.72. The monoisotopic (exact) mass is 474 g/mol. The number of ether oxygens (including phenoxy) is 1. The minimum Gasteiger partial charge on any atom is -0.497 e. The summed E-state index contributed by atoms with van der Waals surface area (Å²) >= 11 is 1.73. The number of hydrogen-bond acceptors (Lipinski definition) is 4. The summed E-state index contributed by atoms with van der Waals surface area (Å²) in [5, 5.41) is 9.63. The quantitative estimate of drug-likeness (QED) is 0.339. The standard InChI is InChI=1S/C27H30N4O2S/c1-33-21-10-8-20(9-11-21)31-14-12-19(13-15-31)30-27(32)29-18-24(26-7-4-16-34-26)23-17-28-25-6-3-2-5-22(23)25/h2-11,16-17,19,24,28H,12-15,18H2,1H3,(H2,29,30,32). The molecule has 176 valence electrons. The Balaban J connectivity index is 1.17. The third-order valence-electron chi connectivity index (χ3n) is 6.62. The van der Waals surface area contributed by atoms with Crippen molar-refractivity contribution in [3.63, 3.8) is 0 Å². The van der Waals surface area contributed by atoms with Crippen molar-refractivity contribution in [3.8, 4) is 5.75 Å². The second-order valence-corrected chi connectivity index (χ2v) is 9.65. The molecule has 3 heterocycles. The fourth-order valence-electron chi connectivity index (χ4n) is 4.74. The predicted molar refractivity (Wildman–Crippen MR) is 139 cm³/mol. The summed E-state index contributed by atoms with van der Waals surface area (Å²) < 4.78 is 5.25. The van der Waals surface area contributed by atoms with Gasteiger partial charge in [0.25, 0.3) is 0 Å². The van der Waals surface area contributed by atoms with E-state index in [4.69, 9.17) is 4.74 Å². The average molecular weight is 475 g/mol. The van der Waals surface area contributed by atoms with Gasteiger partial charge in [0, 0.05) is 59.3 Å².